The summed E-state index contributed by atoms with van der Waals surface area (Å²) in [6.07, 6.45) is 0. The van der Waals surface area contributed by atoms with Crippen LogP contribution in [0.5, 0.6) is 0 Å². The van der Waals surface area contributed by atoms with Crippen LogP contribution in [0.3, 0.4) is 0 Å². The van der Waals surface area contributed by atoms with Crippen molar-refractivity contribution in [2.24, 2.45) is 0 Å². The fourth-order valence-electron chi connectivity index (χ4n) is 4.90. The number of benzene rings is 6. The van der Waals surface area contributed by atoms with Crippen LogP contribution in [-0.2, 0) is 0 Å². The Kier molecular flexibility index (Phi) is 3.97. The molecule has 0 unspecified atom stereocenters. The molecule has 6 aromatic carbocycles. The smallest absolute Gasteiger partial charge is 0.0414 e. The van der Waals surface area contributed by atoms with Crippen molar-refractivity contribution in [3.8, 4) is 11.1 Å². The molecule has 0 N–H and O–H groups in total. The molecule has 31 heavy (non-hydrogen) atoms. The van der Waals surface area contributed by atoms with E-state index in [-0.39, 0.29) is 0 Å². The van der Waals surface area contributed by atoms with Gasteiger partial charge in [-0.25, -0.2) is 0 Å². The Hall–Kier alpha value is -3.84. The van der Waals surface area contributed by atoms with Gasteiger partial charge in [-0.05, 0) is 86.3 Å². The van der Waals surface area contributed by atoms with Crippen LogP contribution in [-0.4, -0.2) is 7.05 Å². The zero-order chi connectivity index (χ0) is 20.9. The first kappa shape index (κ1) is 18.0. The zero-order valence-electron chi connectivity index (χ0n) is 17.8. The van der Waals surface area contributed by atoms with Crippen molar-refractivity contribution < 1.29 is 0 Å². The first-order valence-corrected chi connectivity index (χ1v) is 10.8. The van der Waals surface area contributed by atoms with E-state index in [4.69, 9.17) is 0 Å². The molecule has 0 aliphatic heterocycles. The first-order chi connectivity index (χ1) is 15.2. The fraction of sp³-hybridized carbons (Fsp3) is 0.0667. The van der Waals surface area contributed by atoms with Crippen LogP contribution in [0, 0.1) is 6.92 Å². The van der Waals surface area contributed by atoms with Crippen LogP contribution in [0.2, 0.25) is 0 Å². The van der Waals surface area contributed by atoms with E-state index >= 15 is 0 Å². The summed E-state index contributed by atoms with van der Waals surface area (Å²) in [6, 6.07) is 37.5. The Morgan fingerprint density at radius 1 is 0.548 bits per heavy atom. The molecule has 0 saturated heterocycles. The van der Waals surface area contributed by atoms with Crippen LogP contribution in [0.4, 0.5) is 11.4 Å². The van der Waals surface area contributed by atoms with E-state index in [1.54, 1.807) is 0 Å². The lowest BCUT2D eigenvalue weighted by atomic mass is 9.88. The maximum atomic E-state index is 2.37. The molecule has 0 amide bonds. The van der Waals surface area contributed by atoms with Gasteiger partial charge in [0.25, 0.3) is 0 Å². The molecule has 6 rings (SSSR count). The second kappa shape index (κ2) is 6.85. The van der Waals surface area contributed by atoms with Crippen molar-refractivity contribution in [1.29, 1.82) is 0 Å². The molecule has 0 atom stereocenters. The van der Waals surface area contributed by atoms with Gasteiger partial charge in [0.2, 0.25) is 0 Å². The molecule has 148 valence electrons. The summed E-state index contributed by atoms with van der Waals surface area (Å²) in [5.74, 6) is 0. The third-order valence-corrected chi connectivity index (χ3v) is 6.55. The topological polar surface area (TPSA) is 3.24 Å². The Labute approximate surface area is 182 Å². The molecule has 6 aromatic rings. The van der Waals surface area contributed by atoms with Gasteiger partial charge in [-0.3, -0.25) is 0 Å². The number of hydrogen-bond acceptors (Lipinski definition) is 1. The van der Waals surface area contributed by atoms with Gasteiger partial charge in [-0.1, -0.05) is 72.8 Å². The summed E-state index contributed by atoms with van der Waals surface area (Å²) in [5, 5.41) is 8.04. The molecule has 1 nitrogen and oxygen atoms in total. The number of aryl methyl sites for hydroxylation is 1. The minimum atomic E-state index is 1.18. The SMILES string of the molecule is Cc1ccc2cc(-c3cccc(N(C)c4ccccc4)c3)c3cccc4ccc1c2c43. The molecule has 0 spiro atoms. The third-order valence-electron chi connectivity index (χ3n) is 6.55. The normalized spacial score (nSPS) is 11.5. The molecule has 0 saturated carbocycles. The Morgan fingerprint density at radius 3 is 2.16 bits per heavy atom. The van der Waals surface area contributed by atoms with Gasteiger partial charge in [0, 0.05) is 18.4 Å². The van der Waals surface area contributed by atoms with Crippen molar-refractivity contribution in [3.63, 3.8) is 0 Å². The molecule has 0 aromatic heterocycles. The van der Waals surface area contributed by atoms with Gasteiger partial charge in [0.15, 0.2) is 0 Å². The van der Waals surface area contributed by atoms with Gasteiger partial charge in [0.1, 0.15) is 0 Å². The van der Waals surface area contributed by atoms with E-state index in [2.05, 4.69) is 122 Å². The maximum absolute atomic E-state index is 2.37. The number of rotatable bonds is 3. The summed E-state index contributed by atoms with van der Waals surface area (Å²) < 4.78 is 0. The van der Waals surface area contributed by atoms with Crippen LogP contribution < -0.4 is 4.90 Å². The average Bonchev–Trinajstić information content (AvgIpc) is 2.83. The van der Waals surface area contributed by atoms with Crippen molar-refractivity contribution >= 4 is 43.7 Å². The standard InChI is InChI=1S/C30H23N/c1-20-14-15-23-19-28(27-13-7-8-21-16-17-26(20)30(23)29(21)27)22-9-6-12-25(18-22)31(2)24-10-4-3-5-11-24/h3-19H,1-2H3. The van der Waals surface area contributed by atoms with Gasteiger partial charge < -0.3 is 4.90 Å². The van der Waals surface area contributed by atoms with E-state index < -0.39 is 0 Å². The minimum Gasteiger partial charge on any atom is -0.345 e. The lowest BCUT2D eigenvalue weighted by molar-refractivity contribution is 1.21. The van der Waals surface area contributed by atoms with E-state index in [1.807, 2.05) is 0 Å². The zero-order valence-corrected chi connectivity index (χ0v) is 17.8. The average molecular weight is 398 g/mol. The van der Waals surface area contributed by atoms with E-state index in [0.717, 1.165) is 0 Å². The van der Waals surface area contributed by atoms with Gasteiger partial charge >= 0.3 is 0 Å². The van der Waals surface area contributed by atoms with Crippen LogP contribution in [0.1, 0.15) is 5.56 Å². The Balaban J connectivity index is 1.61. The number of hydrogen-bond donors (Lipinski definition) is 0. The van der Waals surface area contributed by atoms with Crippen molar-refractivity contribution in [2.45, 2.75) is 6.92 Å². The molecule has 1 heteroatoms. The largest absolute Gasteiger partial charge is 0.345 e. The predicted octanol–water partition coefficient (Wildman–Crippen LogP) is 8.33. The van der Waals surface area contributed by atoms with Crippen molar-refractivity contribution in [1.82, 2.24) is 0 Å². The molecule has 0 aliphatic rings. The summed E-state index contributed by atoms with van der Waals surface area (Å²) in [4.78, 5) is 2.24. The highest BCUT2D eigenvalue weighted by Gasteiger charge is 2.14. The van der Waals surface area contributed by atoms with Crippen LogP contribution >= 0.6 is 0 Å². The van der Waals surface area contributed by atoms with Crippen LogP contribution in [0.25, 0.3) is 43.4 Å². The third kappa shape index (κ3) is 2.78. The molecule has 0 radical (unpaired) electrons. The lowest BCUT2D eigenvalue weighted by Crippen LogP contribution is -2.08. The second-order valence-electron chi connectivity index (χ2n) is 8.37. The van der Waals surface area contributed by atoms with E-state index in [0.29, 0.717) is 0 Å². The minimum absolute atomic E-state index is 1.18. The molecular formula is C30H23N. The van der Waals surface area contributed by atoms with Crippen molar-refractivity contribution in [3.05, 3.63) is 109 Å². The lowest BCUT2D eigenvalue weighted by Gasteiger charge is -2.21. The number of para-hydroxylation sites is 1. The molecule has 0 fully saturated rings. The maximum Gasteiger partial charge on any atom is 0.0414 e. The monoisotopic (exact) mass is 397 g/mol. The van der Waals surface area contributed by atoms with Gasteiger partial charge in [-0.2, -0.15) is 0 Å². The van der Waals surface area contributed by atoms with Gasteiger partial charge in [-0.15, -0.1) is 0 Å². The number of anilines is 2. The number of nitrogens with zero attached hydrogens (tertiary/aromatic N) is 1. The highest BCUT2D eigenvalue weighted by Crippen LogP contribution is 2.41. The summed E-state index contributed by atoms with van der Waals surface area (Å²) in [5.41, 5.74) is 6.24. The second-order valence-corrected chi connectivity index (χ2v) is 8.37. The van der Waals surface area contributed by atoms with Gasteiger partial charge in [0.05, 0.1) is 0 Å². The molecule has 0 bridgehead atoms. The fourth-order valence-corrected chi connectivity index (χ4v) is 4.90. The molecule has 0 aliphatic carbocycles. The molecular weight excluding hydrogens is 374 g/mol. The summed E-state index contributed by atoms with van der Waals surface area (Å²) in [7, 11) is 2.13. The quantitative estimate of drug-likeness (QED) is 0.271. The first-order valence-electron chi connectivity index (χ1n) is 10.8. The van der Waals surface area contributed by atoms with E-state index in [9.17, 15) is 0 Å². The highest BCUT2D eigenvalue weighted by molar-refractivity contribution is 6.26. The van der Waals surface area contributed by atoms with E-state index in [1.165, 1.54) is 60.4 Å². The summed E-state index contributed by atoms with van der Waals surface area (Å²) in [6.45, 7) is 2.20. The Bertz CT molecular complexity index is 1550. The molecule has 0 heterocycles. The van der Waals surface area contributed by atoms with Crippen LogP contribution in [0.15, 0.2) is 103 Å². The highest BCUT2D eigenvalue weighted by atomic mass is 15.1. The van der Waals surface area contributed by atoms with Crippen molar-refractivity contribution in [2.75, 3.05) is 11.9 Å². The Morgan fingerprint density at radius 2 is 1.29 bits per heavy atom. The predicted molar refractivity (Wildman–Crippen MR) is 135 cm³/mol. The summed E-state index contributed by atoms with van der Waals surface area (Å²) >= 11 is 0.